The van der Waals surface area contributed by atoms with Gasteiger partial charge in [0.25, 0.3) is 5.88 Å². The molecule has 0 aliphatic carbocycles. The lowest BCUT2D eigenvalue weighted by Gasteiger charge is -2.20. The van der Waals surface area contributed by atoms with Gasteiger partial charge in [-0.2, -0.15) is 9.97 Å². The van der Waals surface area contributed by atoms with Gasteiger partial charge in [0.2, 0.25) is 0 Å². The fourth-order valence-electron chi connectivity index (χ4n) is 3.39. The van der Waals surface area contributed by atoms with Crippen LogP contribution < -0.4 is 26.7 Å². The third kappa shape index (κ3) is 6.13. The van der Waals surface area contributed by atoms with E-state index in [1.54, 1.807) is 58.0 Å². The number of aliphatic imine (C=N–C) groups is 1. The maximum atomic E-state index is 12.8. The molecule has 0 spiro atoms. The van der Waals surface area contributed by atoms with Crippen molar-refractivity contribution in [3.8, 4) is 23.4 Å². The Labute approximate surface area is 217 Å². The standard InChI is InChI=1S/C25H27N9O4/c1-12-30-18-20(31-12)33-24(37-14-7-5-6-13(10-14)32-23(28)29)34-21(18)36-15-8-9-16(19(26)27)17(11-15)22(35)38-25(2,3)4/h5-11H,1-4H3,(H3,26,27)(H4,28,29,32)(H,30,31,33,34). The summed E-state index contributed by atoms with van der Waals surface area (Å²) in [4.78, 5) is 33.0. The number of carbonyl (C=O) groups excluding carboxylic acids is 1. The molecule has 0 aliphatic rings. The molecule has 0 amide bonds. The van der Waals surface area contributed by atoms with Gasteiger partial charge < -0.3 is 36.4 Å². The van der Waals surface area contributed by atoms with E-state index < -0.39 is 11.6 Å². The molecule has 38 heavy (non-hydrogen) atoms. The van der Waals surface area contributed by atoms with Crippen molar-refractivity contribution < 1.29 is 19.0 Å². The van der Waals surface area contributed by atoms with Gasteiger partial charge in [-0.15, -0.1) is 0 Å². The van der Waals surface area contributed by atoms with Crippen LogP contribution in [0.5, 0.6) is 23.4 Å². The first kappa shape index (κ1) is 25.9. The number of aromatic amines is 1. The van der Waals surface area contributed by atoms with Crippen molar-refractivity contribution in [3.63, 3.8) is 0 Å². The summed E-state index contributed by atoms with van der Waals surface area (Å²) in [6, 6.07) is 11.1. The number of aryl methyl sites for hydroxylation is 1. The van der Waals surface area contributed by atoms with Crippen LogP contribution in [0.2, 0.25) is 0 Å². The van der Waals surface area contributed by atoms with Gasteiger partial charge in [-0.3, -0.25) is 5.41 Å². The summed E-state index contributed by atoms with van der Waals surface area (Å²) in [5.41, 5.74) is 17.3. The minimum Gasteiger partial charge on any atom is -0.456 e. The molecule has 2 aromatic heterocycles. The average molecular weight is 518 g/mol. The van der Waals surface area contributed by atoms with Crippen LogP contribution in [0.3, 0.4) is 0 Å². The molecule has 0 radical (unpaired) electrons. The lowest BCUT2D eigenvalue weighted by molar-refractivity contribution is 0.00689. The van der Waals surface area contributed by atoms with E-state index >= 15 is 0 Å². The molecule has 0 aliphatic heterocycles. The third-order valence-corrected chi connectivity index (χ3v) is 4.82. The van der Waals surface area contributed by atoms with Crippen LogP contribution in [0.4, 0.5) is 5.69 Å². The summed E-state index contributed by atoms with van der Waals surface area (Å²) in [7, 11) is 0. The number of nitrogens with one attached hydrogen (secondary N) is 2. The topological polar surface area (TPSA) is 213 Å². The second-order valence-electron chi connectivity index (χ2n) is 9.19. The number of ether oxygens (including phenoxy) is 3. The fourth-order valence-corrected chi connectivity index (χ4v) is 3.39. The zero-order chi connectivity index (χ0) is 27.6. The van der Waals surface area contributed by atoms with Gasteiger partial charge in [-0.05, 0) is 58.0 Å². The van der Waals surface area contributed by atoms with Crippen molar-refractivity contribution in [3.05, 3.63) is 59.4 Å². The van der Waals surface area contributed by atoms with Crippen molar-refractivity contribution in [1.82, 2.24) is 19.9 Å². The number of nitrogens with zero attached hydrogens (tertiary/aromatic N) is 4. The molecule has 2 heterocycles. The highest BCUT2D eigenvalue weighted by Crippen LogP contribution is 2.32. The number of nitrogens with two attached hydrogens (primary N) is 3. The number of fused-ring (bicyclic) bond motifs is 1. The van der Waals surface area contributed by atoms with E-state index in [4.69, 9.17) is 36.8 Å². The third-order valence-electron chi connectivity index (χ3n) is 4.82. The zero-order valence-electron chi connectivity index (χ0n) is 21.2. The van der Waals surface area contributed by atoms with Crippen LogP contribution in [0.1, 0.15) is 42.5 Å². The largest absolute Gasteiger partial charge is 0.456 e. The van der Waals surface area contributed by atoms with E-state index in [1.165, 1.54) is 12.1 Å². The lowest BCUT2D eigenvalue weighted by Crippen LogP contribution is -2.26. The Balaban J connectivity index is 1.72. The Hall–Kier alpha value is -5.20. The highest BCUT2D eigenvalue weighted by atomic mass is 16.6. The van der Waals surface area contributed by atoms with Crippen molar-refractivity contribution >= 4 is 34.6 Å². The molecule has 8 N–H and O–H groups in total. The smallest absolute Gasteiger partial charge is 0.339 e. The molecular formula is C25H27N9O4. The second-order valence-corrected chi connectivity index (χ2v) is 9.19. The van der Waals surface area contributed by atoms with Gasteiger partial charge in [0, 0.05) is 11.6 Å². The Morgan fingerprint density at radius 1 is 0.974 bits per heavy atom. The van der Waals surface area contributed by atoms with Gasteiger partial charge in [-0.1, -0.05) is 6.07 Å². The summed E-state index contributed by atoms with van der Waals surface area (Å²) in [5, 5.41) is 7.85. The first-order chi connectivity index (χ1) is 17.9. The molecule has 0 saturated heterocycles. The van der Waals surface area contributed by atoms with E-state index in [0.717, 1.165) is 0 Å². The minimum atomic E-state index is -0.751. The number of aromatic nitrogens is 4. The minimum absolute atomic E-state index is 0.0476. The van der Waals surface area contributed by atoms with Gasteiger partial charge in [0.05, 0.1) is 11.3 Å². The molecule has 0 unspecified atom stereocenters. The monoisotopic (exact) mass is 517 g/mol. The number of guanidine groups is 1. The molecule has 196 valence electrons. The molecule has 0 fully saturated rings. The molecule has 0 saturated carbocycles. The van der Waals surface area contributed by atoms with Crippen molar-refractivity contribution in [2.75, 3.05) is 0 Å². The van der Waals surface area contributed by atoms with Crippen molar-refractivity contribution in [2.45, 2.75) is 33.3 Å². The Morgan fingerprint density at radius 3 is 2.39 bits per heavy atom. The number of nitrogen functional groups attached to an aromatic ring is 1. The zero-order valence-corrected chi connectivity index (χ0v) is 21.2. The first-order valence-corrected chi connectivity index (χ1v) is 11.4. The van der Waals surface area contributed by atoms with Crippen LogP contribution >= 0.6 is 0 Å². The number of imidazole rings is 1. The second kappa shape index (κ2) is 10.0. The fraction of sp³-hybridized carbons (Fsp3) is 0.200. The summed E-state index contributed by atoms with van der Waals surface area (Å²) >= 11 is 0. The highest BCUT2D eigenvalue weighted by molar-refractivity contribution is 6.06. The number of hydrogen-bond donors (Lipinski definition) is 5. The lowest BCUT2D eigenvalue weighted by atomic mass is 10.1. The number of rotatable bonds is 7. The molecule has 4 aromatic rings. The van der Waals surface area contributed by atoms with Crippen LogP contribution in [-0.4, -0.2) is 43.3 Å². The van der Waals surface area contributed by atoms with Crippen molar-refractivity contribution in [2.24, 2.45) is 22.2 Å². The molecule has 0 atom stereocenters. The van der Waals surface area contributed by atoms with E-state index in [1.807, 2.05) is 0 Å². The molecule has 4 rings (SSSR count). The first-order valence-electron chi connectivity index (χ1n) is 11.4. The predicted octanol–water partition coefficient (Wildman–Crippen LogP) is 3.39. The summed E-state index contributed by atoms with van der Waals surface area (Å²) in [5.74, 6) is 0.257. The predicted molar refractivity (Wildman–Crippen MR) is 141 cm³/mol. The summed E-state index contributed by atoms with van der Waals surface area (Å²) in [6.07, 6.45) is 0. The number of benzene rings is 2. The van der Waals surface area contributed by atoms with E-state index in [9.17, 15) is 4.79 Å². The highest BCUT2D eigenvalue weighted by Gasteiger charge is 2.23. The van der Waals surface area contributed by atoms with E-state index in [0.29, 0.717) is 28.4 Å². The molecule has 13 heteroatoms. The van der Waals surface area contributed by atoms with Gasteiger partial charge in [0.1, 0.15) is 34.3 Å². The SMILES string of the molecule is Cc1nc2nc(Oc3cccc(N=C(N)N)c3)nc(Oc3ccc(C(=N)N)c(C(=O)OC(C)(C)C)c3)c2[nH]1. The van der Waals surface area contributed by atoms with E-state index in [-0.39, 0.29) is 40.6 Å². The van der Waals surface area contributed by atoms with E-state index in [2.05, 4.69) is 24.9 Å². The Morgan fingerprint density at radius 2 is 1.71 bits per heavy atom. The number of amidine groups is 1. The summed E-state index contributed by atoms with van der Waals surface area (Å²) in [6.45, 7) is 6.98. The van der Waals surface area contributed by atoms with Crippen LogP contribution in [0.25, 0.3) is 11.2 Å². The quantitative estimate of drug-likeness (QED) is 0.137. The van der Waals surface area contributed by atoms with Crippen LogP contribution in [0, 0.1) is 12.3 Å². The Kier molecular flexibility index (Phi) is 6.84. The molecule has 2 aromatic carbocycles. The maximum absolute atomic E-state index is 12.8. The van der Waals surface area contributed by atoms with Crippen molar-refractivity contribution in [1.29, 1.82) is 5.41 Å². The number of esters is 1. The molecular weight excluding hydrogens is 490 g/mol. The number of carbonyl (C=O) groups is 1. The molecule has 13 nitrogen and oxygen atoms in total. The average Bonchev–Trinajstić information content (AvgIpc) is 3.18. The van der Waals surface area contributed by atoms with Gasteiger partial charge >= 0.3 is 12.0 Å². The van der Waals surface area contributed by atoms with Crippen LogP contribution in [-0.2, 0) is 4.74 Å². The Bertz CT molecular complexity index is 1570. The van der Waals surface area contributed by atoms with Crippen LogP contribution in [0.15, 0.2) is 47.5 Å². The summed E-state index contributed by atoms with van der Waals surface area (Å²) < 4.78 is 17.4. The normalized spacial score (nSPS) is 11.2. The number of hydrogen-bond acceptors (Lipinski definition) is 9. The number of H-pyrrole nitrogens is 1. The molecule has 0 bridgehead atoms. The van der Waals surface area contributed by atoms with Gasteiger partial charge in [0.15, 0.2) is 11.6 Å². The van der Waals surface area contributed by atoms with Gasteiger partial charge in [-0.25, -0.2) is 14.8 Å². The maximum Gasteiger partial charge on any atom is 0.339 e.